The van der Waals surface area contributed by atoms with E-state index >= 15 is 0 Å². The third-order valence-electron chi connectivity index (χ3n) is 10.2. The van der Waals surface area contributed by atoms with Gasteiger partial charge in [-0.1, -0.05) is 213 Å². The van der Waals surface area contributed by atoms with Crippen LogP contribution >= 0.6 is 7.82 Å². The number of nitrogens with two attached hydrogens (primary N) is 1. The second kappa shape index (κ2) is 41.6. The van der Waals surface area contributed by atoms with Gasteiger partial charge in [0.2, 0.25) is 0 Å². The highest BCUT2D eigenvalue weighted by Crippen LogP contribution is 2.43. The molecule has 9 nitrogen and oxygen atoms in total. The lowest BCUT2D eigenvalue weighted by Crippen LogP contribution is -2.29. The molecule has 0 fully saturated rings. The quantitative estimate of drug-likeness (QED) is 0.0351. The van der Waals surface area contributed by atoms with E-state index in [1.165, 1.54) is 173 Å². The van der Waals surface area contributed by atoms with E-state index in [9.17, 15) is 19.0 Å². The third kappa shape index (κ3) is 40.7. The highest BCUT2D eigenvalue weighted by Gasteiger charge is 2.26. The fourth-order valence-corrected chi connectivity index (χ4v) is 7.58. The summed E-state index contributed by atoms with van der Waals surface area (Å²) in [6.45, 7) is 3.76. The van der Waals surface area contributed by atoms with Crippen molar-refractivity contribution in [3.05, 3.63) is 0 Å². The van der Waals surface area contributed by atoms with Gasteiger partial charge in [-0.15, -0.1) is 0 Å². The Bertz CT molecular complexity index is 860. The summed E-state index contributed by atoms with van der Waals surface area (Å²) in [4.78, 5) is 34.8. The van der Waals surface area contributed by atoms with Crippen LogP contribution in [-0.4, -0.2) is 49.3 Å². The normalized spacial score (nSPS) is 13.2. The summed E-state index contributed by atoms with van der Waals surface area (Å²) >= 11 is 0. The fourth-order valence-electron chi connectivity index (χ4n) is 6.81. The summed E-state index contributed by atoms with van der Waals surface area (Å²) in [6, 6.07) is 0. The topological polar surface area (TPSA) is 134 Å². The Labute approximate surface area is 333 Å². The predicted octanol–water partition coefficient (Wildman–Crippen LogP) is 13.2. The molecule has 0 saturated carbocycles. The highest BCUT2D eigenvalue weighted by molar-refractivity contribution is 7.47. The number of esters is 2. The second-order valence-corrected chi connectivity index (χ2v) is 17.1. The maximum Gasteiger partial charge on any atom is 0.472 e. The minimum Gasteiger partial charge on any atom is -0.462 e. The molecule has 2 unspecified atom stereocenters. The molecule has 3 N–H and O–H groups in total. The van der Waals surface area contributed by atoms with E-state index in [2.05, 4.69) is 13.8 Å². The first-order valence-electron chi connectivity index (χ1n) is 23.0. The van der Waals surface area contributed by atoms with E-state index < -0.39 is 26.5 Å². The van der Waals surface area contributed by atoms with Crippen molar-refractivity contribution in [3.63, 3.8) is 0 Å². The summed E-state index contributed by atoms with van der Waals surface area (Å²) in [5, 5.41) is 0. The van der Waals surface area contributed by atoms with Crippen LogP contribution in [0.5, 0.6) is 0 Å². The number of unbranched alkanes of at least 4 members (excludes halogenated alkanes) is 31. The van der Waals surface area contributed by atoms with Gasteiger partial charge in [0.1, 0.15) is 6.61 Å². The van der Waals surface area contributed by atoms with Crippen LogP contribution in [0.4, 0.5) is 0 Å². The molecule has 0 bridgehead atoms. The summed E-state index contributed by atoms with van der Waals surface area (Å²) in [7, 11) is -4.37. The van der Waals surface area contributed by atoms with Crippen molar-refractivity contribution in [2.45, 2.75) is 245 Å². The van der Waals surface area contributed by atoms with Crippen LogP contribution in [0.3, 0.4) is 0 Å². The summed E-state index contributed by atoms with van der Waals surface area (Å²) in [5.74, 6) is -0.814. The maximum absolute atomic E-state index is 12.6. The summed E-state index contributed by atoms with van der Waals surface area (Å²) < 4.78 is 32.8. The van der Waals surface area contributed by atoms with Crippen molar-refractivity contribution in [2.75, 3.05) is 26.4 Å². The van der Waals surface area contributed by atoms with Gasteiger partial charge in [-0.25, -0.2) is 4.57 Å². The van der Waals surface area contributed by atoms with E-state index in [0.717, 1.165) is 32.1 Å². The molecule has 10 heteroatoms. The molecule has 0 aromatic rings. The zero-order valence-electron chi connectivity index (χ0n) is 35.5. The number of hydrogen-bond acceptors (Lipinski definition) is 8. The average Bonchev–Trinajstić information content (AvgIpc) is 3.16. The van der Waals surface area contributed by atoms with Crippen LogP contribution in [-0.2, 0) is 32.7 Å². The van der Waals surface area contributed by atoms with Gasteiger partial charge in [0.05, 0.1) is 13.2 Å². The van der Waals surface area contributed by atoms with Gasteiger partial charge in [-0.2, -0.15) is 0 Å². The number of carbonyl (C=O) groups excluding carboxylic acids is 2. The number of phosphoric ester groups is 1. The number of carbonyl (C=O) groups is 2. The Morgan fingerprint density at radius 3 is 1.13 bits per heavy atom. The van der Waals surface area contributed by atoms with Gasteiger partial charge in [0.25, 0.3) is 0 Å². The monoisotopic (exact) mass is 790 g/mol. The first-order chi connectivity index (χ1) is 26.3. The molecule has 0 aromatic carbocycles. The van der Waals surface area contributed by atoms with Crippen molar-refractivity contribution in [1.82, 2.24) is 0 Å². The van der Waals surface area contributed by atoms with Crippen LogP contribution in [0, 0.1) is 0 Å². The molecule has 0 spiro atoms. The average molecular weight is 790 g/mol. The van der Waals surface area contributed by atoms with E-state index in [1.54, 1.807) is 0 Å². The second-order valence-electron chi connectivity index (χ2n) is 15.6. The largest absolute Gasteiger partial charge is 0.472 e. The predicted molar refractivity (Wildman–Crippen MR) is 225 cm³/mol. The Balaban J connectivity index is 3.96. The fraction of sp³-hybridized carbons (Fsp3) is 0.955. The van der Waals surface area contributed by atoms with Crippen molar-refractivity contribution >= 4 is 19.8 Å². The standard InChI is InChI=1S/C44H88NO8P/c1-3-5-7-9-11-13-15-16-17-18-19-20-21-22-23-24-25-26-27-29-31-33-35-37-44(47)53-42(41-52-54(48,49)51-39-38-45)40-50-43(46)36-34-32-30-28-14-12-10-8-6-4-2/h42H,3-41,45H2,1-2H3,(H,48,49). The molecule has 0 aliphatic heterocycles. The lowest BCUT2D eigenvalue weighted by Gasteiger charge is -2.19. The highest BCUT2D eigenvalue weighted by atomic mass is 31.2. The van der Waals surface area contributed by atoms with E-state index in [-0.39, 0.29) is 38.6 Å². The molecule has 0 heterocycles. The van der Waals surface area contributed by atoms with E-state index in [4.69, 9.17) is 24.3 Å². The number of ether oxygens (including phenoxy) is 2. The molecule has 0 radical (unpaired) electrons. The van der Waals surface area contributed by atoms with E-state index in [1.807, 2.05) is 0 Å². The van der Waals surface area contributed by atoms with Crippen LogP contribution in [0.15, 0.2) is 0 Å². The van der Waals surface area contributed by atoms with Gasteiger partial charge in [0.15, 0.2) is 6.10 Å². The molecule has 0 amide bonds. The Kier molecular flexibility index (Phi) is 40.9. The zero-order valence-corrected chi connectivity index (χ0v) is 36.4. The van der Waals surface area contributed by atoms with Crippen molar-refractivity contribution in [1.29, 1.82) is 0 Å². The minimum atomic E-state index is -4.37. The van der Waals surface area contributed by atoms with Gasteiger partial charge in [0, 0.05) is 19.4 Å². The molecule has 0 saturated heterocycles. The number of rotatable bonds is 44. The van der Waals surface area contributed by atoms with Gasteiger partial charge < -0.3 is 20.1 Å². The van der Waals surface area contributed by atoms with Crippen LogP contribution in [0.2, 0.25) is 0 Å². The zero-order chi connectivity index (χ0) is 39.6. The minimum absolute atomic E-state index is 0.0580. The van der Waals surface area contributed by atoms with Crippen molar-refractivity contribution in [2.24, 2.45) is 5.73 Å². The Morgan fingerprint density at radius 1 is 0.481 bits per heavy atom. The van der Waals surface area contributed by atoms with Gasteiger partial charge in [-0.3, -0.25) is 18.6 Å². The van der Waals surface area contributed by atoms with E-state index in [0.29, 0.717) is 6.42 Å². The molecule has 0 aliphatic carbocycles. The van der Waals surface area contributed by atoms with Gasteiger partial charge >= 0.3 is 19.8 Å². The number of hydrogen-bond donors (Lipinski definition) is 2. The van der Waals surface area contributed by atoms with Crippen LogP contribution in [0.25, 0.3) is 0 Å². The summed E-state index contributed by atoms with van der Waals surface area (Å²) in [5.41, 5.74) is 5.35. The third-order valence-corrected chi connectivity index (χ3v) is 11.2. The smallest absolute Gasteiger partial charge is 0.462 e. The molecular formula is C44H88NO8P. The van der Waals surface area contributed by atoms with Gasteiger partial charge in [-0.05, 0) is 12.8 Å². The van der Waals surface area contributed by atoms with Crippen molar-refractivity contribution < 1.29 is 37.6 Å². The molecule has 0 aliphatic rings. The Morgan fingerprint density at radius 2 is 0.796 bits per heavy atom. The molecular weight excluding hydrogens is 701 g/mol. The maximum atomic E-state index is 12.6. The Hall–Kier alpha value is -0.990. The van der Waals surface area contributed by atoms with Crippen LogP contribution in [0.1, 0.15) is 239 Å². The van der Waals surface area contributed by atoms with Crippen molar-refractivity contribution in [3.8, 4) is 0 Å². The molecule has 0 rings (SSSR count). The SMILES string of the molecule is CCCCCCCCCCCCCCCCCCCCCCCCCC(=O)OC(COC(=O)CCCCCCCCCCCC)COP(=O)(O)OCCN. The van der Waals surface area contributed by atoms with Crippen LogP contribution < -0.4 is 5.73 Å². The first kappa shape index (κ1) is 53.0. The lowest BCUT2D eigenvalue weighted by atomic mass is 10.0. The molecule has 54 heavy (non-hydrogen) atoms. The summed E-state index contributed by atoms with van der Waals surface area (Å²) in [6.07, 6.45) is 41.5. The number of phosphoric acid groups is 1. The lowest BCUT2D eigenvalue weighted by molar-refractivity contribution is -0.161. The first-order valence-corrected chi connectivity index (χ1v) is 24.5. The molecule has 0 aromatic heterocycles. The molecule has 322 valence electrons. The molecule has 2 atom stereocenters.